The molecule has 6 heteroatoms. The molecule has 0 radical (unpaired) electrons. The van der Waals surface area contributed by atoms with E-state index in [1.165, 1.54) is 39.4 Å². The summed E-state index contributed by atoms with van der Waals surface area (Å²) in [6.45, 7) is 5.28. The molecule has 2 amide bonds. The first-order valence-corrected chi connectivity index (χ1v) is 13.6. The molecule has 0 spiro atoms. The van der Waals surface area contributed by atoms with Crippen LogP contribution in [-0.4, -0.2) is 22.1 Å². The molecule has 0 bridgehead atoms. The number of carbonyl (C=O) groups excluding carboxylic acids is 1. The first-order chi connectivity index (χ1) is 17.6. The Labute approximate surface area is 216 Å². The molecule has 5 nitrogen and oxygen atoms in total. The van der Waals surface area contributed by atoms with Crippen LogP contribution < -0.4 is 10.1 Å². The van der Waals surface area contributed by atoms with E-state index in [1.807, 2.05) is 47.4 Å². The Kier molecular flexibility index (Phi) is 6.05. The lowest BCUT2D eigenvalue weighted by Crippen LogP contribution is -2.38. The summed E-state index contributed by atoms with van der Waals surface area (Å²) in [5.41, 5.74) is 6.97. The van der Waals surface area contributed by atoms with Gasteiger partial charge in [0.2, 0.25) is 0 Å². The van der Waals surface area contributed by atoms with Crippen molar-refractivity contribution in [2.24, 2.45) is 0 Å². The molecule has 0 fully saturated rings. The number of fused-ring (bicyclic) bond motifs is 5. The molecule has 2 aromatic heterocycles. The number of rotatable bonds is 4. The number of amides is 2. The van der Waals surface area contributed by atoms with E-state index in [4.69, 9.17) is 4.74 Å². The standard InChI is InChI=1S/C30H31N3O2S/c1-3-35-23-15-13-22(14-16-23)31-30(34)33-19-25-24-10-4-5-12-27(24)36-29(25)32-17-7-11-26(32)28(33)21-9-6-8-20(2)18-21/h6-9,11,13-18,28H,3-5,10,12,19H2,1-2H3,(H,31,34). The van der Waals surface area contributed by atoms with E-state index < -0.39 is 0 Å². The third-order valence-electron chi connectivity index (χ3n) is 7.21. The van der Waals surface area contributed by atoms with Gasteiger partial charge in [-0.1, -0.05) is 29.8 Å². The Balaban J connectivity index is 1.44. The molecule has 184 valence electrons. The molecule has 1 aliphatic heterocycles. The summed E-state index contributed by atoms with van der Waals surface area (Å²) in [7, 11) is 0. The Morgan fingerprint density at radius 2 is 1.89 bits per heavy atom. The van der Waals surface area contributed by atoms with Gasteiger partial charge in [0.15, 0.2) is 0 Å². The highest BCUT2D eigenvalue weighted by atomic mass is 32.1. The third-order valence-corrected chi connectivity index (χ3v) is 8.55. The molecule has 0 saturated carbocycles. The number of thiophene rings is 1. The van der Waals surface area contributed by atoms with Gasteiger partial charge in [-0.25, -0.2) is 4.79 Å². The number of aromatic nitrogens is 1. The molecule has 6 rings (SSSR count). The predicted molar refractivity (Wildman–Crippen MR) is 145 cm³/mol. The molecule has 2 aliphatic rings. The minimum Gasteiger partial charge on any atom is -0.494 e. The number of benzene rings is 2. The van der Waals surface area contributed by atoms with Gasteiger partial charge in [0, 0.05) is 22.3 Å². The maximum absolute atomic E-state index is 14.0. The molecule has 1 unspecified atom stereocenters. The number of hydrogen-bond acceptors (Lipinski definition) is 3. The molecule has 36 heavy (non-hydrogen) atoms. The van der Waals surface area contributed by atoms with Crippen LogP contribution in [0, 0.1) is 6.92 Å². The second-order valence-corrected chi connectivity index (χ2v) is 10.7. The Morgan fingerprint density at radius 3 is 2.69 bits per heavy atom. The Bertz CT molecular complexity index is 1400. The first kappa shape index (κ1) is 22.9. The second-order valence-electron chi connectivity index (χ2n) is 9.63. The monoisotopic (exact) mass is 497 g/mol. The van der Waals surface area contributed by atoms with Crippen LogP contribution in [0.15, 0.2) is 66.9 Å². The quantitative estimate of drug-likeness (QED) is 0.322. The highest BCUT2D eigenvalue weighted by Gasteiger charge is 2.36. The van der Waals surface area contributed by atoms with Crippen LogP contribution in [0.4, 0.5) is 10.5 Å². The minimum atomic E-state index is -0.193. The summed E-state index contributed by atoms with van der Waals surface area (Å²) < 4.78 is 7.90. The number of aryl methyl sites for hydroxylation is 2. The number of nitrogens with zero attached hydrogens (tertiary/aromatic N) is 2. The van der Waals surface area contributed by atoms with E-state index in [0.29, 0.717) is 13.2 Å². The zero-order valence-electron chi connectivity index (χ0n) is 20.8. The van der Waals surface area contributed by atoms with E-state index in [1.54, 1.807) is 0 Å². The van der Waals surface area contributed by atoms with Gasteiger partial charge in [-0.05, 0) is 87.1 Å². The maximum Gasteiger partial charge on any atom is 0.322 e. The topological polar surface area (TPSA) is 46.5 Å². The molecule has 1 atom stereocenters. The van der Waals surface area contributed by atoms with Gasteiger partial charge in [-0.3, -0.25) is 0 Å². The fourth-order valence-electron chi connectivity index (χ4n) is 5.57. The third kappa shape index (κ3) is 4.09. The van der Waals surface area contributed by atoms with Crippen molar-refractivity contribution in [2.75, 3.05) is 11.9 Å². The van der Waals surface area contributed by atoms with Gasteiger partial charge >= 0.3 is 6.03 Å². The van der Waals surface area contributed by atoms with Crippen LogP contribution in [0.25, 0.3) is 5.00 Å². The summed E-state index contributed by atoms with van der Waals surface area (Å²) in [6, 6.07) is 20.1. The first-order valence-electron chi connectivity index (χ1n) is 12.8. The van der Waals surface area contributed by atoms with E-state index in [0.717, 1.165) is 35.5 Å². The Hall–Kier alpha value is -3.51. The highest BCUT2D eigenvalue weighted by Crippen LogP contribution is 2.44. The van der Waals surface area contributed by atoms with Gasteiger partial charge in [0.05, 0.1) is 24.9 Å². The SMILES string of the molecule is CCOc1ccc(NC(=O)N2Cc3c(sc4c3CCCC4)-n3cccc3C2c2cccc(C)c2)cc1. The van der Waals surface area contributed by atoms with Crippen LogP contribution in [0.5, 0.6) is 5.75 Å². The van der Waals surface area contributed by atoms with Crippen LogP contribution in [0.2, 0.25) is 0 Å². The summed E-state index contributed by atoms with van der Waals surface area (Å²) in [5, 5.41) is 4.45. The van der Waals surface area contributed by atoms with Crippen molar-refractivity contribution in [3.8, 4) is 10.8 Å². The van der Waals surface area contributed by atoms with E-state index in [9.17, 15) is 4.79 Å². The Morgan fingerprint density at radius 1 is 1.06 bits per heavy atom. The average molecular weight is 498 g/mol. The highest BCUT2D eigenvalue weighted by molar-refractivity contribution is 7.15. The number of hydrogen-bond donors (Lipinski definition) is 1. The van der Waals surface area contributed by atoms with Gasteiger partial charge in [-0.2, -0.15) is 0 Å². The summed E-state index contributed by atoms with van der Waals surface area (Å²) in [4.78, 5) is 17.5. The van der Waals surface area contributed by atoms with Crippen molar-refractivity contribution in [1.29, 1.82) is 0 Å². The van der Waals surface area contributed by atoms with Gasteiger partial charge in [0.25, 0.3) is 0 Å². The smallest absolute Gasteiger partial charge is 0.322 e. The van der Waals surface area contributed by atoms with Crippen LogP contribution in [0.1, 0.15) is 58.6 Å². The normalized spacial score (nSPS) is 16.5. The number of urea groups is 1. The van der Waals surface area contributed by atoms with Crippen molar-refractivity contribution in [2.45, 2.75) is 52.1 Å². The second kappa shape index (κ2) is 9.51. The summed E-state index contributed by atoms with van der Waals surface area (Å²) in [5.74, 6) is 0.801. The van der Waals surface area contributed by atoms with Crippen molar-refractivity contribution < 1.29 is 9.53 Å². The summed E-state index contributed by atoms with van der Waals surface area (Å²) in [6.07, 6.45) is 6.87. The largest absolute Gasteiger partial charge is 0.494 e. The van der Waals surface area contributed by atoms with E-state index in [2.05, 4.69) is 59.4 Å². The molecular weight excluding hydrogens is 466 g/mol. The lowest BCUT2D eigenvalue weighted by Gasteiger charge is -2.31. The van der Waals surface area contributed by atoms with Crippen LogP contribution in [0.3, 0.4) is 0 Å². The molecule has 0 saturated heterocycles. The molecule has 4 aromatic rings. The molecule has 2 aromatic carbocycles. The van der Waals surface area contributed by atoms with Crippen LogP contribution >= 0.6 is 11.3 Å². The zero-order chi connectivity index (χ0) is 24.6. The van der Waals surface area contributed by atoms with Crippen molar-refractivity contribution >= 4 is 23.1 Å². The van der Waals surface area contributed by atoms with Crippen LogP contribution in [-0.2, 0) is 19.4 Å². The number of ether oxygens (including phenoxy) is 1. The zero-order valence-corrected chi connectivity index (χ0v) is 21.6. The van der Waals surface area contributed by atoms with Gasteiger partial charge < -0.3 is 19.5 Å². The number of anilines is 1. The number of carbonyl (C=O) groups is 1. The van der Waals surface area contributed by atoms with E-state index >= 15 is 0 Å². The predicted octanol–water partition coefficient (Wildman–Crippen LogP) is 7.26. The lowest BCUT2D eigenvalue weighted by molar-refractivity contribution is 0.194. The minimum absolute atomic E-state index is 0.0953. The molecule has 1 aliphatic carbocycles. The van der Waals surface area contributed by atoms with E-state index in [-0.39, 0.29) is 12.1 Å². The fraction of sp³-hybridized carbons (Fsp3) is 0.300. The fourth-order valence-corrected chi connectivity index (χ4v) is 6.98. The number of nitrogens with one attached hydrogen (secondary N) is 1. The summed E-state index contributed by atoms with van der Waals surface area (Å²) >= 11 is 1.91. The van der Waals surface area contributed by atoms with Gasteiger partial charge in [0.1, 0.15) is 10.8 Å². The van der Waals surface area contributed by atoms with Crippen molar-refractivity contribution in [3.63, 3.8) is 0 Å². The lowest BCUT2D eigenvalue weighted by atomic mass is 9.95. The average Bonchev–Trinajstić information content (AvgIpc) is 3.47. The molecular formula is C30H31N3O2S. The molecule has 3 heterocycles. The molecule has 1 N–H and O–H groups in total. The van der Waals surface area contributed by atoms with Crippen molar-refractivity contribution in [1.82, 2.24) is 9.47 Å². The van der Waals surface area contributed by atoms with Crippen molar-refractivity contribution in [3.05, 3.63) is 99.7 Å². The maximum atomic E-state index is 14.0. The van der Waals surface area contributed by atoms with Gasteiger partial charge in [-0.15, -0.1) is 11.3 Å².